The maximum absolute atomic E-state index is 8.73. The predicted octanol–water partition coefficient (Wildman–Crippen LogP) is 2.74. The Balaban J connectivity index is 1.95. The SMILES string of the molecule is CC(NCc1cc[nH]c1)c1ccc(C#N)cc1. The molecule has 0 bridgehead atoms. The topological polar surface area (TPSA) is 51.6 Å². The molecule has 1 heterocycles. The molecule has 2 rings (SSSR count). The van der Waals surface area contributed by atoms with Crippen LogP contribution in [0.5, 0.6) is 0 Å². The Labute approximate surface area is 101 Å². The Morgan fingerprint density at radius 2 is 2.06 bits per heavy atom. The van der Waals surface area contributed by atoms with Gasteiger partial charge in [-0.15, -0.1) is 0 Å². The molecule has 17 heavy (non-hydrogen) atoms. The van der Waals surface area contributed by atoms with Crippen LogP contribution < -0.4 is 5.32 Å². The first-order chi connectivity index (χ1) is 8.29. The van der Waals surface area contributed by atoms with E-state index in [9.17, 15) is 0 Å². The van der Waals surface area contributed by atoms with Crippen LogP contribution in [-0.2, 0) is 6.54 Å². The molecule has 0 radical (unpaired) electrons. The zero-order chi connectivity index (χ0) is 12.1. The minimum absolute atomic E-state index is 0.276. The largest absolute Gasteiger partial charge is 0.367 e. The summed E-state index contributed by atoms with van der Waals surface area (Å²) in [6.45, 7) is 2.96. The average Bonchev–Trinajstić information content (AvgIpc) is 2.89. The summed E-state index contributed by atoms with van der Waals surface area (Å²) in [7, 11) is 0. The third kappa shape index (κ3) is 2.96. The number of nitrogens with one attached hydrogen (secondary N) is 2. The number of benzene rings is 1. The number of nitrogens with zero attached hydrogens (tertiary/aromatic N) is 1. The van der Waals surface area contributed by atoms with E-state index in [1.807, 2.05) is 36.7 Å². The fraction of sp³-hybridized carbons (Fsp3) is 0.214. The van der Waals surface area contributed by atoms with Crippen LogP contribution in [0.1, 0.15) is 29.7 Å². The van der Waals surface area contributed by atoms with E-state index < -0.39 is 0 Å². The fourth-order valence-corrected chi connectivity index (χ4v) is 1.70. The molecule has 3 nitrogen and oxygen atoms in total. The van der Waals surface area contributed by atoms with Crippen LogP contribution in [0.3, 0.4) is 0 Å². The maximum atomic E-state index is 8.73. The molecule has 3 heteroatoms. The summed E-state index contributed by atoms with van der Waals surface area (Å²) in [6, 6.07) is 12.1. The molecule has 0 saturated heterocycles. The highest BCUT2D eigenvalue weighted by Gasteiger charge is 2.04. The first kappa shape index (κ1) is 11.4. The Hall–Kier alpha value is -2.05. The third-order valence-corrected chi connectivity index (χ3v) is 2.81. The molecule has 0 saturated carbocycles. The molecule has 0 aliphatic carbocycles. The van der Waals surface area contributed by atoms with Crippen LogP contribution in [0.15, 0.2) is 42.7 Å². The second-order valence-electron chi connectivity index (χ2n) is 4.06. The van der Waals surface area contributed by atoms with Crippen molar-refractivity contribution < 1.29 is 0 Å². The molecule has 0 spiro atoms. The van der Waals surface area contributed by atoms with Crippen molar-refractivity contribution in [2.75, 3.05) is 0 Å². The van der Waals surface area contributed by atoms with Crippen molar-refractivity contribution in [2.45, 2.75) is 19.5 Å². The Bertz CT molecular complexity index is 491. The molecule has 1 atom stereocenters. The number of H-pyrrole nitrogens is 1. The average molecular weight is 225 g/mol. The third-order valence-electron chi connectivity index (χ3n) is 2.81. The van der Waals surface area contributed by atoms with Gasteiger partial charge >= 0.3 is 0 Å². The Morgan fingerprint density at radius 3 is 2.65 bits per heavy atom. The normalized spacial score (nSPS) is 12.0. The van der Waals surface area contributed by atoms with Crippen LogP contribution in [0.2, 0.25) is 0 Å². The van der Waals surface area contributed by atoms with E-state index in [1.165, 1.54) is 11.1 Å². The molecule has 86 valence electrons. The number of hydrogen-bond acceptors (Lipinski definition) is 2. The lowest BCUT2D eigenvalue weighted by atomic mass is 10.1. The minimum Gasteiger partial charge on any atom is -0.367 e. The smallest absolute Gasteiger partial charge is 0.0991 e. The van der Waals surface area contributed by atoms with E-state index >= 15 is 0 Å². The van der Waals surface area contributed by atoms with Crippen molar-refractivity contribution >= 4 is 0 Å². The number of rotatable bonds is 4. The zero-order valence-corrected chi connectivity index (χ0v) is 9.77. The molecule has 0 aliphatic rings. The van der Waals surface area contributed by atoms with Crippen LogP contribution in [-0.4, -0.2) is 4.98 Å². The molecule has 2 aromatic rings. The monoisotopic (exact) mass is 225 g/mol. The van der Waals surface area contributed by atoms with E-state index in [-0.39, 0.29) is 6.04 Å². The highest BCUT2D eigenvalue weighted by atomic mass is 14.9. The number of nitriles is 1. The molecular weight excluding hydrogens is 210 g/mol. The summed E-state index contributed by atoms with van der Waals surface area (Å²) in [5, 5.41) is 12.2. The summed E-state index contributed by atoms with van der Waals surface area (Å²) in [6.07, 6.45) is 3.90. The highest BCUT2D eigenvalue weighted by molar-refractivity contribution is 5.32. The summed E-state index contributed by atoms with van der Waals surface area (Å²) in [5.74, 6) is 0. The van der Waals surface area contributed by atoms with Gasteiger partial charge in [-0.1, -0.05) is 12.1 Å². The van der Waals surface area contributed by atoms with Crippen LogP contribution in [0.25, 0.3) is 0 Å². The van der Waals surface area contributed by atoms with Gasteiger partial charge in [-0.25, -0.2) is 0 Å². The zero-order valence-electron chi connectivity index (χ0n) is 9.77. The molecule has 1 aromatic heterocycles. The van der Waals surface area contributed by atoms with Gasteiger partial charge in [0.25, 0.3) is 0 Å². The molecular formula is C14H15N3. The Kier molecular flexibility index (Phi) is 3.59. The maximum Gasteiger partial charge on any atom is 0.0991 e. The molecule has 0 amide bonds. The van der Waals surface area contributed by atoms with E-state index in [0.717, 1.165) is 6.54 Å². The molecule has 2 N–H and O–H groups in total. The second kappa shape index (κ2) is 5.33. The van der Waals surface area contributed by atoms with Gasteiger partial charge in [0.1, 0.15) is 0 Å². The van der Waals surface area contributed by atoms with E-state index in [4.69, 9.17) is 5.26 Å². The summed E-state index contributed by atoms with van der Waals surface area (Å²) in [5.41, 5.74) is 3.14. The van der Waals surface area contributed by atoms with Gasteiger partial charge in [0, 0.05) is 25.0 Å². The highest BCUT2D eigenvalue weighted by Crippen LogP contribution is 2.13. The van der Waals surface area contributed by atoms with Crippen molar-refractivity contribution in [1.29, 1.82) is 5.26 Å². The molecule has 0 aliphatic heterocycles. The fourth-order valence-electron chi connectivity index (χ4n) is 1.70. The lowest BCUT2D eigenvalue weighted by molar-refractivity contribution is 0.575. The van der Waals surface area contributed by atoms with Gasteiger partial charge in [0.2, 0.25) is 0 Å². The number of aromatic nitrogens is 1. The predicted molar refractivity (Wildman–Crippen MR) is 67.2 cm³/mol. The van der Waals surface area contributed by atoms with E-state index in [2.05, 4.69) is 29.4 Å². The van der Waals surface area contributed by atoms with Gasteiger partial charge in [-0.2, -0.15) is 5.26 Å². The minimum atomic E-state index is 0.276. The van der Waals surface area contributed by atoms with Crippen LogP contribution in [0, 0.1) is 11.3 Å². The van der Waals surface area contributed by atoms with Crippen molar-refractivity contribution in [1.82, 2.24) is 10.3 Å². The van der Waals surface area contributed by atoms with E-state index in [1.54, 1.807) is 0 Å². The summed E-state index contributed by atoms with van der Waals surface area (Å²) < 4.78 is 0. The van der Waals surface area contributed by atoms with Crippen molar-refractivity contribution in [3.05, 3.63) is 59.4 Å². The van der Waals surface area contributed by atoms with Gasteiger partial charge in [-0.05, 0) is 36.2 Å². The van der Waals surface area contributed by atoms with Crippen molar-refractivity contribution in [2.24, 2.45) is 0 Å². The van der Waals surface area contributed by atoms with Gasteiger partial charge in [0.15, 0.2) is 0 Å². The second-order valence-corrected chi connectivity index (χ2v) is 4.06. The summed E-state index contributed by atoms with van der Waals surface area (Å²) in [4.78, 5) is 3.03. The molecule has 1 aromatic carbocycles. The number of aromatic amines is 1. The van der Waals surface area contributed by atoms with Crippen molar-refractivity contribution in [3.63, 3.8) is 0 Å². The van der Waals surface area contributed by atoms with Gasteiger partial charge in [0.05, 0.1) is 11.6 Å². The lowest BCUT2D eigenvalue weighted by Gasteiger charge is -2.13. The first-order valence-corrected chi connectivity index (χ1v) is 5.64. The van der Waals surface area contributed by atoms with Crippen LogP contribution >= 0.6 is 0 Å². The van der Waals surface area contributed by atoms with E-state index in [0.29, 0.717) is 5.56 Å². The first-order valence-electron chi connectivity index (χ1n) is 5.64. The Morgan fingerprint density at radius 1 is 1.29 bits per heavy atom. The quantitative estimate of drug-likeness (QED) is 0.840. The number of hydrogen-bond donors (Lipinski definition) is 2. The summed E-state index contributed by atoms with van der Waals surface area (Å²) >= 11 is 0. The molecule has 0 fully saturated rings. The van der Waals surface area contributed by atoms with Crippen molar-refractivity contribution in [3.8, 4) is 6.07 Å². The van der Waals surface area contributed by atoms with Crippen LogP contribution in [0.4, 0.5) is 0 Å². The molecule has 1 unspecified atom stereocenters. The standard InChI is InChI=1S/C14H15N3/c1-11(17-10-13-6-7-16-9-13)14-4-2-12(8-15)3-5-14/h2-7,9,11,16-17H,10H2,1H3. The lowest BCUT2D eigenvalue weighted by Crippen LogP contribution is -2.17. The van der Waals surface area contributed by atoms with Gasteiger partial charge < -0.3 is 10.3 Å². The van der Waals surface area contributed by atoms with Gasteiger partial charge in [-0.3, -0.25) is 0 Å².